The molecule has 0 saturated carbocycles. The minimum atomic E-state index is -0.0233. The van der Waals surface area contributed by atoms with Gasteiger partial charge in [-0.25, -0.2) is 4.98 Å². The van der Waals surface area contributed by atoms with Gasteiger partial charge in [-0.3, -0.25) is 9.38 Å². The van der Waals surface area contributed by atoms with Crippen molar-refractivity contribution in [3.63, 3.8) is 0 Å². The highest BCUT2D eigenvalue weighted by Crippen LogP contribution is 2.38. The molecule has 3 nitrogen and oxygen atoms in total. The third kappa shape index (κ3) is 3.38. The first-order valence-corrected chi connectivity index (χ1v) is 11.3. The van der Waals surface area contributed by atoms with Gasteiger partial charge in [-0.05, 0) is 42.2 Å². The summed E-state index contributed by atoms with van der Waals surface area (Å²) in [6.45, 7) is 18.2. The van der Waals surface area contributed by atoms with Crippen molar-refractivity contribution < 1.29 is 0 Å². The molecule has 0 aliphatic rings. The van der Waals surface area contributed by atoms with E-state index in [1.54, 1.807) is 0 Å². The topological polar surface area (TPSA) is 30.2 Å². The molecular weight excluding hydrogens is 366 g/mol. The molecule has 0 amide bonds. The zero-order chi connectivity index (χ0) is 21.8. The molecule has 0 aliphatic heterocycles. The lowest BCUT2D eigenvalue weighted by molar-refractivity contribution is 0.561. The molecule has 0 aliphatic carbocycles. The average molecular weight is 402 g/mol. The Balaban J connectivity index is 2.24. The van der Waals surface area contributed by atoms with Gasteiger partial charge in [-0.15, -0.1) is 0 Å². The SMILES string of the molecule is CCCC(C)c1cc(C(C)(C)C)nc2cc(C(C)(C)C)n3c4ccccc4nc3c12. The Kier molecular flexibility index (Phi) is 4.91. The van der Waals surface area contributed by atoms with Crippen LogP contribution in [-0.2, 0) is 10.8 Å². The lowest BCUT2D eigenvalue weighted by Crippen LogP contribution is -2.18. The lowest BCUT2D eigenvalue weighted by atomic mass is 9.85. The molecule has 3 heteroatoms. The standard InChI is InChI=1S/C27H35N3/c1-9-12-17(2)18-15-22(26(3,4)5)28-20-16-23(27(6,7)8)30-21-14-11-10-13-19(21)29-25(30)24(18)20/h10-11,13-17H,9,12H2,1-8H3. The fourth-order valence-electron chi connectivity index (χ4n) is 4.48. The largest absolute Gasteiger partial charge is 0.295 e. The van der Waals surface area contributed by atoms with Gasteiger partial charge in [0.05, 0.1) is 16.6 Å². The maximum atomic E-state index is 5.19. The Morgan fingerprint density at radius 1 is 0.900 bits per heavy atom. The van der Waals surface area contributed by atoms with Gasteiger partial charge in [-0.1, -0.05) is 73.9 Å². The van der Waals surface area contributed by atoms with E-state index in [9.17, 15) is 0 Å². The Morgan fingerprint density at radius 2 is 1.60 bits per heavy atom. The van der Waals surface area contributed by atoms with Crippen molar-refractivity contribution in [1.29, 1.82) is 0 Å². The second kappa shape index (κ2) is 7.08. The minimum Gasteiger partial charge on any atom is -0.295 e. The summed E-state index contributed by atoms with van der Waals surface area (Å²) in [6.07, 6.45) is 2.33. The molecular formula is C27H35N3. The summed E-state index contributed by atoms with van der Waals surface area (Å²) in [5.74, 6) is 0.464. The summed E-state index contributed by atoms with van der Waals surface area (Å²) in [6, 6.07) is 13.1. The number of pyridine rings is 2. The zero-order valence-corrected chi connectivity index (χ0v) is 19.8. The molecule has 158 valence electrons. The molecule has 0 bridgehead atoms. The summed E-state index contributed by atoms with van der Waals surface area (Å²) in [7, 11) is 0. The number of hydrogen-bond donors (Lipinski definition) is 0. The van der Waals surface area contributed by atoms with E-state index in [2.05, 4.69) is 96.2 Å². The predicted molar refractivity (Wildman–Crippen MR) is 129 cm³/mol. The molecule has 1 atom stereocenters. The first-order chi connectivity index (χ1) is 14.0. The van der Waals surface area contributed by atoms with Crippen LogP contribution in [0.25, 0.3) is 27.6 Å². The molecule has 0 N–H and O–H groups in total. The molecule has 4 aromatic rings. The van der Waals surface area contributed by atoms with Gasteiger partial charge in [0.25, 0.3) is 0 Å². The quantitative estimate of drug-likeness (QED) is 0.355. The Morgan fingerprint density at radius 3 is 2.23 bits per heavy atom. The lowest BCUT2D eigenvalue weighted by Gasteiger charge is -2.26. The van der Waals surface area contributed by atoms with Gasteiger partial charge in [0.2, 0.25) is 0 Å². The highest BCUT2D eigenvalue weighted by Gasteiger charge is 2.26. The number of para-hydroxylation sites is 2. The highest BCUT2D eigenvalue weighted by molar-refractivity contribution is 5.99. The second-order valence-corrected chi connectivity index (χ2v) is 10.8. The van der Waals surface area contributed by atoms with Crippen LogP contribution in [0, 0.1) is 0 Å². The van der Waals surface area contributed by atoms with Crippen LogP contribution in [-0.4, -0.2) is 14.4 Å². The summed E-state index contributed by atoms with van der Waals surface area (Å²) >= 11 is 0. The molecule has 4 rings (SSSR count). The van der Waals surface area contributed by atoms with Crippen LogP contribution in [0.1, 0.15) is 91.1 Å². The van der Waals surface area contributed by atoms with E-state index in [0.29, 0.717) is 5.92 Å². The van der Waals surface area contributed by atoms with Gasteiger partial charge in [0.15, 0.2) is 0 Å². The van der Waals surface area contributed by atoms with Crippen molar-refractivity contribution in [2.45, 2.75) is 85.0 Å². The number of aromatic nitrogens is 3. The van der Waals surface area contributed by atoms with Crippen LogP contribution in [0.4, 0.5) is 0 Å². The second-order valence-electron chi connectivity index (χ2n) is 10.8. The van der Waals surface area contributed by atoms with Crippen LogP contribution >= 0.6 is 0 Å². The van der Waals surface area contributed by atoms with Crippen molar-refractivity contribution in [1.82, 2.24) is 14.4 Å². The number of benzene rings is 1. The third-order valence-corrected chi connectivity index (χ3v) is 6.17. The van der Waals surface area contributed by atoms with E-state index >= 15 is 0 Å². The normalized spacial score (nSPS) is 14.1. The average Bonchev–Trinajstić information content (AvgIpc) is 3.04. The third-order valence-electron chi connectivity index (χ3n) is 6.17. The van der Waals surface area contributed by atoms with Crippen LogP contribution in [0.5, 0.6) is 0 Å². The van der Waals surface area contributed by atoms with Crippen molar-refractivity contribution in [2.75, 3.05) is 0 Å². The highest BCUT2D eigenvalue weighted by atomic mass is 15.0. The maximum Gasteiger partial charge on any atom is 0.147 e. The fourth-order valence-corrected chi connectivity index (χ4v) is 4.48. The molecule has 3 heterocycles. The van der Waals surface area contributed by atoms with Crippen molar-refractivity contribution in [3.05, 3.63) is 53.3 Å². The molecule has 0 saturated heterocycles. The molecule has 1 aromatic carbocycles. The zero-order valence-electron chi connectivity index (χ0n) is 19.8. The van der Waals surface area contributed by atoms with Crippen LogP contribution in [0.2, 0.25) is 0 Å². The van der Waals surface area contributed by atoms with Gasteiger partial charge in [0, 0.05) is 27.6 Å². The van der Waals surface area contributed by atoms with Gasteiger partial charge in [0.1, 0.15) is 5.65 Å². The number of fused-ring (bicyclic) bond motifs is 5. The first-order valence-electron chi connectivity index (χ1n) is 11.3. The van der Waals surface area contributed by atoms with Crippen molar-refractivity contribution in [3.8, 4) is 0 Å². The predicted octanol–water partition coefficient (Wildman–Crippen LogP) is 7.53. The summed E-state index contributed by atoms with van der Waals surface area (Å²) in [4.78, 5) is 10.3. The molecule has 0 fully saturated rings. The van der Waals surface area contributed by atoms with E-state index in [1.807, 2.05) is 0 Å². The van der Waals surface area contributed by atoms with Gasteiger partial charge in [-0.2, -0.15) is 0 Å². The summed E-state index contributed by atoms with van der Waals surface area (Å²) in [5.41, 5.74) is 8.12. The van der Waals surface area contributed by atoms with E-state index in [1.165, 1.54) is 28.6 Å². The van der Waals surface area contributed by atoms with Crippen LogP contribution in [0.3, 0.4) is 0 Å². The summed E-state index contributed by atoms with van der Waals surface area (Å²) < 4.78 is 2.37. The van der Waals surface area contributed by atoms with Crippen molar-refractivity contribution >= 4 is 27.6 Å². The number of rotatable bonds is 3. The van der Waals surface area contributed by atoms with Crippen LogP contribution in [0.15, 0.2) is 36.4 Å². The van der Waals surface area contributed by atoms with Gasteiger partial charge >= 0.3 is 0 Å². The van der Waals surface area contributed by atoms with E-state index in [0.717, 1.165) is 28.8 Å². The first kappa shape index (κ1) is 20.8. The molecule has 3 aromatic heterocycles. The molecule has 30 heavy (non-hydrogen) atoms. The van der Waals surface area contributed by atoms with E-state index < -0.39 is 0 Å². The Hall–Kier alpha value is -2.42. The monoisotopic (exact) mass is 401 g/mol. The maximum absolute atomic E-state index is 5.19. The van der Waals surface area contributed by atoms with E-state index in [4.69, 9.17) is 9.97 Å². The Bertz CT molecular complexity index is 1230. The van der Waals surface area contributed by atoms with Gasteiger partial charge < -0.3 is 0 Å². The Labute approximate surface area is 180 Å². The fraction of sp³-hybridized carbons (Fsp3) is 0.481. The number of imidazole rings is 1. The molecule has 0 radical (unpaired) electrons. The smallest absolute Gasteiger partial charge is 0.147 e. The minimum absolute atomic E-state index is 0.00301. The number of hydrogen-bond acceptors (Lipinski definition) is 2. The van der Waals surface area contributed by atoms with Crippen molar-refractivity contribution in [2.24, 2.45) is 0 Å². The molecule has 0 spiro atoms. The molecule has 1 unspecified atom stereocenters. The summed E-state index contributed by atoms with van der Waals surface area (Å²) in [5, 5.41) is 1.22. The number of nitrogens with zero attached hydrogens (tertiary/aromatic N) is 3. The van der Waals surface area contributed by atoms with E-state index in [-0.39, 0.29) is 10.8 Å². The van der Waals surface area contributed by atoms with Crippen LogP contribution < -0.4 is 0 Å².